The first-order valence-electron chi connectivity index (χ1n) is 5.93. The van der Waals surface area contributed by atoms with Gasteiger partial charge in [-0.2, -0.15) is 0 Å². The Bertz CT molecular complexity index is 563. The predicted molar refractivity (Wildman–Crippen MR) is 79.8 cm³/mol. The normalized spacial score (nSPS) is 12.5. The topological polar surface area (TPSA) is 24.9 Å². The minimum Gasteiger partial charge on any atom is -0.376 e. The van der Waals surface area contributed by atoms with Crippen LogP contribution in [-0.2, 0) is 0 Å². The molecule has 2 rings (SSSR count). The summed E-state index contributed by atoms with van der Waals surface area (Å²) in [5.74, 6) is 0. The van der Waals surface area contributed by atoms with Gasteiger partial charge in [0.25, 0.3) is 0 Å². The Kier molecular flexibility index (Phi) is 3.93. The van der Waals surface area contributed by atoms with Crippen LogP contribution in [0.25, 0.3) is 0 Å². The SMILES string of the molecule is Cc1cnc(Cl)c(NC(C)c2cc(C)sc2C)c1. The summed E-state index contributed by atoms with van der Waals surface area (Å²) >= 11 is 7.93. The van der Waals surface area contributed by atoms with E-state index in [1.54, 1.807) is 6.20 Å². The summed E-state index contributed by atoms with van der Waals surface area (Å²) in [5, 5.41) is 3.96. The molecule has 0 spiro atoms. The molecule has 1 atom stereocenters. The van der Waals surface area contributed by atoms with Crippen molar-refractivity contribution >= 4 is 28.6 Å². The van der Waals surface area contributed by atoms with E-state index in [9.17, 15) is 0 Å². The molecule has 2 aromatic heterocycles. The fraction of sp³-hybridized carbons (Fsp3) is 0.357. The van der Waals surface area contributed by atoms with E-state index in [2.05, 4.69) is 37.1 Å². The van der Waals surface area contributed by atoms with Gasteiger partial charge in [0.15, 0.2) is 5.15 Å². The molecular formula is C14H17ClN2S. The zero-order valence-electron chi connectivity index (χ0n) is 11.0. The van der Waals surface area contributed by atoms with Crippen LogP contribution in [0.1, 0.15) is 33.8 Å². The minimum absolute atomic E-state index is 0.232. The van der Waals surface area contributed by atoms with Gasteiger partial charge >= 0.3 is 0 Å². The first kappa shape index (κ1) is 13.4. The maximum Gasteiger partial charge on any atom is 0.152 e. The largest absolute Gasteiger partial charge is 0.376 e. The first-order valence-corrected chi connectivity index (χ1v) is 7.12. The van der Waals surface area contributed by atoms with Crippen molar-refractivity contribution in [2.75, 3.05) is 5.32 Å². The molecule has 2 nitrogen and oxygen atoms in total. The molecule has 96 valence electrons. The van der Waals surface area contributed by atoms with Crippen molar-refractivity contribution < 1.29 is 0 Å². The Balaban J connectivity index is 2.23. The highest BCUT2D eigenvalue weighted by atomic mass is 35.5. The van der Waals surface area contributed by atoms with Crippen LogP contribution in [-0.4, -0.2) is 4.98 Å². The third-order valence-electron chi connectivity index (χ3n) is 2.89. The van der Waals surface area contributed by atoms with E-state index in [1.807, 2.05) is 24.3 Å². The van der Waals surface area contributed by atoms with Crippen LogP contribution in [0.3, 0.4) is 0 Å². The molecule has 0 aliphatic heterocycles. The number of pyridine rings is 1. The lowest BCUT2D eigenvalue weighted by Gasteiger charge is -2.16. The maximum atomic E-state index is 6.10. The fourth-order valence-electron chi connectivity index (χ4n) is 2.05. The summed E-state index contributed by atoms with van der Waals surface area (Å²) < 4.78 is 0. The number of anilines is 1. The predicted octanol–water partition coefficient (Wildman–Crippen LogP) is 4.89. The average Bonchev–Trinajstić information content (AvgIpc) is 2.63. The maximum absolute atomic E-state index is 6.10. The number of nitrogens with zero attached hydrogens (tertiary/aromatic N) is 1. The van der Waals surface area contributed by atoms with Gasteiger partial charge < -0.3 is 5.32 Å². The van der Waals surface area contributed by atoms with Gasteiger partial charge in [0.2, 0.25) is 0 Å². The van der Waals surface area contributed by atoms with Gasteiger partial charge in [-0.05, 0) is 51.0 Å². The van der Waals surface area contributed by atoms with Crippen molar-refractivity contribution in [3.8, 4) is 0 Å². The van der Waals surface area contributed by atoms with Crippen molar-refractivity contribution in [1.82, 2.24) is 4.98 Å². The summed E-state index contributed by atoms with van der Waals surface area (Å²) in [6.45, 7) is 8.45. The molecule has 0 aliphatic carbocycles. The van der Waals surface area contributed by atoms with Crippen molar-refractivity contribution in [1.29, 1.82) is 0 Å². The Morgan fingerprint density at radius 2 is 2.00 bits per heavy atom. The number of aryl methyl sites for hydroxylation is 3. The van der Waals surface area contributed by atoms with Gasteiger partial charge in [-0.3, -0.25) is 0 Å². The monoisotopic (exact) mass is 280 g/mol. The summed E-state index contributed by atoms with van der Waals surface area (Å²) in [5.41, 5.74) is 3.33. The zero-order chi connectivity index (χ0) is 13.3. The molecular weight excluding hydrogens is 264 g/mol. The zero-order valence-corrected chi connectivity index (χ0v) is 12.6. The summed E-state index contributed by atoms with van der Waals surface area (Å²) in [6, 6.07) is 4.49. The highest BCUT2D eigenvalue weighted by molar-refractivity contribution is 7.12. The van der Waals surface area contributed by atoms with Crippen LogP contribution in [0.15, 0.2) is 18.3 Å². The second-order valence-corrected chi connectivity index (χ2v) is 6.40. The quantitative estimate of drug-likeness (QED) is 0.809. The second kappa shape index (κ2) is 5.29. The average molecular weight is 281 g/mol. The van der Waals surface area contributed by atoms with Crippen molar-refractivity contribution in [2.24, 2.45) is 0 Å². The summed E-state index contributed by atoms with van der Waals surface area (Å²) in [7, 11) is 0. The van der Waals surface area contributed by atoms with E-state index in [0.717, 1.165) is 11.3 Å². The summed E-state index contributed by atoms with van der Waals surface area (Å²) in [4.78, 5) is 6.85. The van der Waals surface area contributed by atoms with Crippen LogP contribution in [0.5, 0.6) is 0 Å². The van der Waals surface area contributed by atoms with E-state index in [0.29, 0.717) is 5.15 Å². The van der Waals surface area contributed by atoms with Crippen LogP contribution < -0.4 is 5.32 Å². The Morgan fingerprint density at radius 1 is 1.28 bits per heavy atom. The number of aromatic nitrogens is 1. The lowest BCUT2D eigenvalue weighted by atomic mass is 10.1. The van der Waals surface area contributed by atoms with Gasteiger partial charge in [0.1, 0.15) is 0 Å². The number of halogens is 1. The third kappa shape index (κ3) is 2.85. The van der Waals surface area contributed by atoms with Gasteiger partial charge in [-0.15, -0.1) is 11.3 Å². The van der Waals surface area contributed by atoms with Crippen molar-refractivity contribution in [3.63, 3.8) is 0 Å². The molecule has 0 fully saturated rings. The molecule has 0 bridgehead atoms. The van der Waals surface area contributed by atoms with Crippen molar-refractivity contribution in [3.05, 3.63) is 44.4 Å². The Morgan fingerprint density at radius 3 is 2.61 bits per heavy atom. The van der Waals surface area contributed by atoms with Gasteiger partial charge in [-0.1, -0.05) is 11.6 Å². The van der Waals surface area contributed by atoms with Crippen LogP contribution in [0, 0.1) is 20.8 Å². The van der Waals surface area contributed by atoms with E-state index in [4.69, 9.17) is 11.6 Å². The lowest BCUT2D eigenvalue weighted by Crippen LogP contribution is -2.07. The molecule has 1 unspecified atom stereocenters. The number of hydrogen-bond donors (Lipinski definition) is 1. The molecule has 0 saturated carbocycles. The van der Waals surface area contributed by atoms with E-state index >= 15 is 0 Å². The number of rotatable bonds is 3. The molecule has 0 saturated heterocycles. The van der Waals surface area contributed by atoms with Gasteiger partial charge in [-0.25, -0.2) is 4.98 Å². The van der Waals surface area contributed by atoms with Crippen LogP contribution >= 0.6 is 22.9 Å². The molecule has 0 amide bonds. The first-order chi connectivity index (χ1) is 8.47. The minimum atomic E-state index is 0.232. The number of nitrogens with one attached hydrogen (secondary N) is 1. The van der Waals surface area contributed by atoms with Gasteiger partial charge in [0.05, 0.1) is 5.69 Å². The molecule has 18 heavy (non-hydrogen) atoms. The van der Waals surface area contributed by atoms with Crippen LogP contribution in [0.2, 0.25) is 5.15 Å². The van der Waals surface area contributed by atoms with E-state index in [-0.39, 0.29) is 6.04 Å². The lowest BCUT2D eigenvalue weighted by molar-refractivity contribution is 0.879. The van der Waals surface area contributed by atoms with Crippen molar-refractivity contribution in [2.45, 2.75) is 33.7 Å². The number of thiophene rings is 1. The van der Waals surface area contributed by atoms with E-state index in [1.165, 1.54) is 15.3 Å². The highest BCUT2D eigenvalue weighted by Gasteiger charge is 2.12. The van der Waals surface area contributed by atoms with Crippen LogP contribution in [0.4, 0.5) is 5.69 Å². The molecule has 0 aromatic carbocycles. The standard InChI is InChI=1S/C14H17ClN2S/c1-8-5-13(14(15)16-7-8)17-10(3)12-6-9(2)18-11(12)4/h5-7,10,17H,1-4H3. The Hall–Kier alpha value is -1.06. The second-order valence-electron chi connectivity index (χ2n) is 4.59. The fourth-order valence-corrected chi connectivity index (χ4v) is 3.23. The third-order valence-corrected chi connectivity index (χ3v) is 4.18. The smallest absolute Gasteiger partial charge is 0.152 e. The molecule has 2 aromatic rings. The van der Waals surface area contributed by atoms with E-state index < -0.39 is 0 Å². The molecule has 2 heterocycles. The molecule has 1 N–H and O–H groups in total. The molecule has 4 heteroatoms. The Labute approximate surface area is 117 Å². The highest BCUT2D eigenvalue weighted by Crippen LogP contribution is 2.30. The number of hydrogen-bond acceptors (Lipinski definition) is 3. The molecule has 0 radical (unpaired) electrons. The molecule has 0 aliphatic rings. The van der Waals surface area contributed by atoms with Gasteiger partial charge in [0, 0.05) is 22.0 Å². The summed E-state index contributed by atoms with van der Waals surface area (Å²) in [6.07, 6.45) is 1.78.